The van der Waals surface area contributed by atoms with Gasteiger partial charge in [0.2, 0.25) is 11.8 Å². The topological polar surface area (TPSA) is 98.1 Å². The van der Waals surface area contributed by atoms with Gasteiger partial charge in [-0.15, -0.1) is 0 Å². The highest BCUT2D eigenvalue weighted by molar-refractivity contribution is 5.96. The van der Waals surface area contributed by atoms with Crippen LogP contribution in [0.25, 0.3) is 0 Å². The van der Waals surface area contributed by atoms with E-state index in [1.807, 2.05) is 43.3 Å². The van der Waals surface area contributed by atoms with Gasteiger partial charge in [-0.1, -0.05) is 31.2 Å². The Hall–Kier alpha value is -3.39. The summed E-state index contributed by atoms with van der Waals surface area (Å²) in [6.45, 7) is 2.19. The molecule has 3 saturated heterocycles. The summed E-state index contributed by atoms with van der Waals surface area (Å²) < 4.78 is 17.2. The van der Waals surface area contributed by atoms with Crippen LogP contribution in [0.5, 0.6) is 5.75 Å². The average molecular weight is 463 g/mol. The van der Waals surface area contributed by atoms with E-state index in [9.17, 15) is 14.4 Å². The van der Waals surface area contributed by atoms with Crippen molar-refractivity contribution in [3.8, 4) is 5.75 Å². The minimum absolute atomic E-state index is 0.0679. The molecule has 8 heteroatoms. The third-order valence-corrected chi connectivity index (χ3v) is 7.88. The molecule has 2 amide bonds. The van der Waals surface area contributed by atoms with E-state index in [1.54, 1.807) is 30.4 Å². The molecule has 1 aromatic heterocycles. The number of Topliss-reactive ketones (excluding diaryl/α,β-unsaturated/α-hetero) is 1. The number of carbonyl (C=O) groups is 3. The van der Waals surface area contributed by atoms with Gasteiger partial charge in [0.25, 0.3) is 0 Å². The van der Waals surface area contributed by atoms with Gasteiger partial charge in [0.1, 0.15) is 22.9 Å². The molecule has 0 aliphatic carbocycles. The molecule has 8 nitrogen and oxygen atoms in total. The Morgan fingerprint density at radius 2 is 2.03 bits per heavy atom. The molecule has 176 valence electrons. The van der Waals surface area contributed by atoms with E-state index in [-0.39, 0.29) is 24.0 Å². The van der Waals surface area contributed by atoms with Crippen molar-refractivity contribution in [3.05, 3.63) is 66.1 Å². The largest absolute Gasteiger partial charge is 0.497 e. The number of piperidine rings is 1. The SMILES string of the molecule is COc1ccc(CNC(=O)[C@H]2[C@@H]3C=C[C@]4(O3)[C@@H]3[C@@H](C)C(=O)C[C@@H](c5ccco5)N3C(=O)[C@@H]24)cc1. The maximum absolute atomic E-state index is 13.9. The molecule has 1 spiro atoms. The van der Waals surface area contributed by atoms with Gasteiger partial charge in [0.05, 0.1) is 43.4 Å². The van der Waals surface area contributed by atoms with Gasteiger partial charge in [0.15, 0.2) is 0 Å². The van der Waals surface area contributed by atoms with Crippen molar-refractivity contribution >= 4 is 17.6 Å². The van der Waals surface area contributed by atoms with E-state index in [0.29, 0.717) is 12.3 Å². The highest BCUT2D eigenvalue weighted by Gasteiger charge is 2.74. The van der Waals surface area contributed by atoms with E-state index in [0.717, 1.165) is 11.3 Å². The third kappa shape index (κ3) is 2.84. The van der Waals surface area contributed by atoms with Gasteiger partial charge in [0, 0.05) is 18.9 Å². The van der Waals surface area contributed by atoms with E-state index in [4.69, 9.17) is 13.9 Å². The fourth-order valence-corrected chi connectivity index (χ4v) is 6.31. The second-order valence-electron chi connectivity index (χ2n) is 9.55. The van der Waals surface area contributed by atoms with Gasteiger partial charge in [-0.05, 0) is 29.8 Å². The summed E-state index contributed by atoms with van der Waals surface area (Å²) in [5.74, 6) is -0.709. The van der Waals surface area contributed by atoms with Gasteiger partial charge >= 0.3 is 0 Å². The van der Waals surface area contributed by atoms with E-state index in [1.165, 1.54) is 0 Å². The van der Waals surface area contributed by atoms with Crippen LogP contribution in [0.4, 0.5) is 0 Å². The van der Waals surface area contributed by atoms with Crippen LogP contribution in [0.2, 0.25) is 0 Å². The monoisotopic (exact) mass is 462 g/mol. The molecule has 3 fully saturated rings. The number of carbonyl (C=O) groups excluding carboxylic acids is 3. The number of fused-ring (bicyclic) bond motifs is 2. The Morgan fingerprint density at radius 1 is 1.24 bits per heavy atom. The summed E-state index contributed by atoms with van der Waals surface area (Å²) in [6.07, 6.45) is 5.04. The van der Waals surface area contributed by atoms with Crippen molar-refractivity contribution in [3.63, 3.8) is 0 Å². The maximum atomic E-state index is 13.9. The predicted octanol–water partition coefficient (Wildman–Crippen LogP) is 2.41. The second kappa shape index (κ2) is 7.56. The van der Waals surface area contributed by atoms with E-state index >= 15 is 0 Å². The first-order valence-corrected chi connectivity index (χ1v) is 11.6. The van der Waals surface area contributed by atoms with Crippen molar-refractivity contribution in [2.75, 3.05) is 7.11 Å². The lowest BCUT2D eigenvalue weighted by atomic mass is 9.70. The zero-order valence-electron chi connectivity index (χ0n) is 19.0. The highest BCUT2D eigenvalue weighted by Crippen LogP contribution is 2.59. The summed E-state index contributed by atoms with van der Waals surface area (Å²) in [5, 5.41) is 2.98. The zero-order chi connectivity index (χ0) is 23.6. The molecule has 34 heavy (non-hydrogen) atoms. The first kappa shape index (κ1) is 21.2. The minimum atomic E-state index is -0.982. The third-order valence-electron chi connectivity index (χ3n) is 7.88. The van der Waals surface area contributed by atoms with Crippen molar-refractivity contribution < 1.29 is 28.3 Å². The number of ether oxygens (including phenoxy) is 2. The van der Waals surface area contributed by atoms with Crippen LogP contribution in [0.3, 0.4) is 0 Å². The van der Waals surface area contributed by atoms with Crippen LogP contribution in [-0.2, 0) is 25.7 Å². The molecule has 5 heterocycles. The van der Waals surface area contributed by atoms with Crippen LogP contribution in [0.15, 0.2) is 59.2 Å². The summed E-state index contributed by atoms with van der Waals surface area (Å²) >= 11 is 0. The van der Waals surface area contributed by atoms with Crippen LogP contribution in [0, 0.1) is 17.8 Å². The van der Waals surface area contributed by atoms with Gasteiger partial charge in [-0.25, -0.2) is 0 Å². The minimum Gasteiger partial charge on any atom is -0.497 e. The van der Waals surface area contributed by atoms with E-state index < -0.39 is 41.5 Å². The van der Waals surface area contributed by atoms with Crippen LogP contribution >= 0.6 is 0 Å². The van der Waals surface area contributed by atoms with Crippen molar-refractivity contribution in [2.45, 2.75) is 43.7 Å². The predicted molar refractivity (Wildman–Crippen MR) is 119 cm³/mol. The van der Waals surface area contributed by atoms with Crippen molar-refractivity contribution in [1.29, 1.82) is 0 Å². The van der Waals surface area contributed by atoms with Crippen LogP contribution in [0.1, 0.15) is 30.7 Å². The summed E-state index contributed by atoms with van der Waals surface area (Å²) in [7, 11) is 1.60. The molecule has 0 radical (unpaired) electrons. The number of hydrogen-bond donors (Lipinski definition) is 1. The maximum Gasteiger partial charge on any atom is 0.230 e. The molecule has 2 aromatic rings. The zero-order valence-corrected chi connectivity index (χ0v) is 19.0. The molecule has 0 unspecified atom stereocenters. The Labute approximate surface area is 196 Å². The van der Waals surface area contributed by atoms with Crippen LogP contribution in [-0.4, -0.2) is 47.4 Å². The molecule has 1 N–H and O–H groups in total. The normalized spacial score (nSPS) is 35.4. The second-order valence-corrected chi connectivity index (χ2v) is 9.55. The van der Waals surface area contributed by atoms with Gasteiger partial charge in [-0.3, -0.25) is 14.4 Å². The number of rotatable bonds is 5. The fourth-order valence-electron chi connectivity index (χ4n) is 6.31. The summed E-state index contributed by atoms with van der Waals surface area (Å²) in [5.41, 5.74) is -0.0553. The van der Waals surface area contributed by atoms with Gasteiger partial charge < -0.3 is 24.1 Å². The molecule has 4 aliphatic rings. The smallest absolute Gasteiger partial charge is 0.230 e. The first-order valence-electron chi connectivity index (χ1n) is 11.6. The quantitative estimate of drug-likeness (QED) is 0.686. The number of hydrogen-bond acceptors (Lipinski definition) is 6. The summed E-state index contributed by atoms with van der Waals surface area (Å²) in [6, 6.07) is 10.0. The Morgan fingerprint density at radius 3 is 2.74 bits per heavy atom. The molecule has 4 aliphatic heterocycles. The molecule has 0 saturated carbocycles. The number of nitrogens with zero attached hydrogens (tertiary/aromatic N) is 1. The fraction of sp³-hybridized carbons (Fsp3) is 0.423. The van der Waals surface area contributed by atoms with Crippen molar-refractivity contribution in [2.24, 2.45) is 17.8 Å². The van der Waals surface area contributed by atoms with Crippen molar-refractivity contribution in [1.82, 2.24) is 10.2 Å². The average Bonchev–Trinajstić information content (AvgIpc) is 3.62. The number of benzene rings is 1. The molecule has 1 aromatic carbocycles. The lowest BCUT2D eigenvalue weighted by Gasteiger charge is -2.43. The Bertz CT molecular complexity index is 1170. The number of methoxy groups -OCH3 is 1. The molecule has 6 rings (SSSR count). The Balaban J connectivity index is 1.29. The standard InChI is InChI=1S/C26H26N2O6/c1-14-18(29)12-17(19-4-3-11-33-19)28-23(14)26-10-9-20(34-26)21(22(26)25(28)31)24(30)27-13-15-5-7-16(32-2)8-6-15/h3-11,14,17,20-23H,12-13H2,1-2H3,(H,27,30)/t14-,17-,20-,21-,22+,23-,26+/m0/s1. The highest BCUT2D eigenvalue weighted by atomic mass is 16.5. The van der Waals surface area contributed by atoms with Gasteiger partial charge in [-0.2, -0.15) is 0 Å². The first-order chi connectivity index (χ1) is 16.4. The molecule has 2 bridgehead atoms. The number of ketones is 1. The Kier molecular flexibility index (Phi) is 4.71. The lowest BCUT2D eigenvalue weighted by Crippen LogP contribution is -2.55. The number of amides is 2. The molecule has 7 atom stereocenters. The molecular weight excluding hydrogens is 436 g/mol. The number of furan rings is 1. The van der Waals surface area contributed by atoms with E-state index in [2.05, 4.69) is 5.32 Å². The summed E-state index contributed by atoms with van der Waals surface area (Å²) in [4.78, 5) is 42.0. The van der Waals surface area contributed by atoms with Crippen LogP contribution < -0.4 is 10.1 Å². The number of nitrogens with one attached hydrogen (secondary N) is 1. The lowest BCUT2D eigenvalue weighted by molar-refractivity contribution is -0.148. The molecular formula is C26H26N2O6.